The Morgan fingerprint density at radius 2 is 2.12 bits per heavy atom. The summed E-state index contributed by atoms with van der Waals surface area (Å²) >= 11 is 0. The van der Waals surface area contributed by atoms with E-state index in [2.05, 4.69) is 15.3 Å². The van der Waals surface area contributed by atoms with Crippen molar-refractivity contribution in [2.75, 3.05) is 17.7 Å². The first kappa shape index (κ1) is 12.7. The summed E-state index contributed by atoms with van der Waals surface area (Å²) in [6, 6.07) is 0. The third-order valence-corrected chi connectivity index (χ3v) is 2.53. The number of aromatic nitrogens is 2. The van der Waals surface area contributed by atoms with Crippen LogP contribution in [0.5, 0.6) is 0 Å². The largest absolute Gasteiger partial charge is 0.396 e. The standard InChI is InChI=1S/C11H20N4O/c1-4-8-9(12)13-7-14-10(8)15-11(2,3)5-6-16/h7,16H,4-6H2,1-3H3,(H3,12,13,14,15). The second-order valence-corrected chi connectivity index (χ2v) is 4.42. The number of nitrogens with one attached hydrogen (secondary N) is 1. The highest BCUT2D eigenvalue weighted by Gasteiger charge is 2.19. The van der Waals surface area contributed by atoms with Crippen molar-refractivity contribution in [2.45, 2.75) is 39.2 Å². The van der Waals surface area contributed by atoms with E-state index in [4.69, 9.17) is 10.8 Å². The van der Waals surface area contributed by atoms with Crippen LogP contribution in [0.3, 0.4) is 0 Å². The molecular formula is C11H20N4O. The number of nitrogens with two attached hydrogens (primary N) is 1. The van der Waals surface area contributed by atoms with Gasteiger partial charge in [-0.05, 0) is 26.7 Å². The maximum Gasteiger partial charge on any atom is 0.135 e. The predicted molar refractivity (Wildman–Crippen MR) is 65.2 cm³/mol. The van der Waals surface area contributed by atoms with Crippen LogP contribution in [-0.2, 0) is 6.42 Å². The smallest absolute Gasteiger partial charge is 0.135 e. The highest BCUT2D eigenvalue weighted by Crippen LogP contribution is 2.22. The molecule has 1 aromatic heterocycles. The SMILES string of the molecule is CCc1c(N)ncnc1NC(C)(C)CCO. The van der Waals surface area contributed by atoms with E-state index in [0.717, 1.165) is 17.8 Å². The molecule has 4 N–H and O–H groups in total. The summed E-state index contributed by atoms with van der Waals surface area (Å²) in [6.45, 7) is 6.18. The molecule has 0 aliphatic rings. The number of nitrogen functional groups attached to an aromatic ring is 1. The van der Waals surface area contributed by atoms with E-state index in [1.54, 1.807) is 0 Å². The fraction of sp³-hybridized carbons (Fsp3) is 0.636. The van der Waals surface area contributed by atoms with Crippen molar-refractivity contribution in [1.29, 1.82) is 0 Å². The van der Waals surface area contributed by atoms with Crippen LogP contribution >= 0.6 is 0 Å². The zero-order valence-corrected chi connectivity index (χ0v) is 10.1. The lowest BCUT2D eigenvalue weighted by molar-refractivity contribution is 0.260. The molecule has 5 heteroatoms. The van der Waals surface area contributed by atoms with Gasteiger partial charge in [0.05, 0.1) is 0 Å². The van der Waals surface area contributed by atoms with E-state index in [1.807, 2.05) is 20.8 Å². The molecule has 16 heavy (non-hydrogen) atoms. The van der Waals surface area contributed by atoms with Gasteiger partial charge in [-0.2, -0.15) is 0 Å². The topological polar surface area (TPSA) is 84.1 Å². The first-order chi connectivity index (χ1) is 7.50. The van der Waals surface area contributed by atoms with E-state index in [-0.39, 0.29) is 12.1 Å². The molecule has 0 aromatic carbocycles. The monoisotopic (exact) mass is 224 g/mol. The molecule has 0 amide bonds. The Labute approximate surface area is 96.1 Å². The molecule has 0 aliphatic carbocycles. The molecule has 90 valence electrons. The van der Waals surface area contributed by atoms with Crippen LogP contribution < -0.4 is 11.1 Å². The van der Waals surface area contributed by atoms with Gasteiger partial charge >= 0.3 is 0 Å². The Kier molecular flexibility index (Phi) is 4.06. The third kappa shape index (κ3) is 3.06. The number of hydrogen-bond donors (Lipinski definition) is 3. The van der Waals surface area contributed by atoms with Crippen molar-refractivity contribution >= 4 is 11.6 Å². The molecule has 1 aromatic rings. The van der Waals surface area contributed by atoms with E-state index in [9.17, 15) is 0 Å². The van der Waals surface area contributed by atoms with Crippen molar-refractivity contribution in [3.05, 3.63) is 11.9 Å². The summed E-state index contributed by atoms with van der Waals surface area (Å²) in [6.07, 6.45) is 2.89. The summed E-state index contributed by atoms with van der Waals surface area (Å²) in [5.41, 5.74) is 6.50. The lowest BCUT2D eigenvalue weighted by atomic mass is 10.0. The summed E-state index contributed by atoms with van der Waals surface area (Å²) in [5.74, 6) is 1.27. The van der Waals surface area contributed by atoms with Gasteiger partial charge in [0.2, 0.25) is 0 Å². The Balaban J connectivity index is 2.92. The Bertz CT molecular complexity index is 352. The van der Waals surface area contributed by atoms with Gasteiger partial charge in [0.1, 0.15) is 18.0 Å². The number of anilines is 2. The number of hydrogen-bond acceptors (Lipinski definition) is 5. The van der Waals surface area contributed by atoms with Crippen molar-refractivity contribution in [3.63, 3.8) is 0 Å². The zero-order chi connectivity index (χ0) is 12.2. The molecular weight excluding hydrogens is 204 g/mol. The minimum absolute atomic E-state index is 0.141. The van der Waals surface area contributed by atoms with Crippen LogP contribution in [0.15, 0.2) is 6.33 Å². The fourth-order valence-corrected chi connectivity index (χ4v) is 1.54. The predicted octanol–water partition coefficient (Wildman–Crippen LogP) is 1.19. The van der Waals surface area contributed by atoms with Gasteiger partial charge < -0.3 is 16.2 Å². The summed E-state index contributed by atoms with van der Waals surface area (Å²) in [4.78, 5) is 8.16. The van der Waals surface area contributed by atoms with E-state index in [0.29, 0.717) is 12.2 Å². The molecule has 0 saturated heterocycles. The Hall–Kier alpha value is -1.36. The van der Waals surface area contributed by atoms with E-state index >= 15 is 0 Å². The van der Waals surface area contributed by atoms with Gasteiger partial charge in [-0.25, -0.2) is 9.97 Å². The molecule has 5 nitrogen and oxygen atoms in total. The van der Waals surface area contributed by atoms with Gasteiger partial charge in [-0.3, -0.25) is 0 Å². The molecule has 0 aliphatic heterocycles. The van der Waals surface area contributed by atoms with Crippen molar-refractivity contribution in [3.8, 4) is 0 Å². The van der Waals surface area contributed by atoms with E-state index in [1.165, 1.54) is 6.33 Å². The molecule has 0 fully saturated rings. The van der Waals surface area contributed by atoms with Crippen molar-refractivity contribution in [2.24, 2.45) is 0 Å². The number of aliphatic hydroxyl groups excluding tert-OH is 1. The number of aliphatic hydroxyl groups is 1. The Morgan fingerprint density at radius 1 is 1.44 bits per heavy atom. The third-order valence-electron chi connectivity index (χ3n) is 2.53. The second kappa shape index (κ2) is 5.12. The summed E-state index contributed by atoms with van der Waals surface area (Å²) in [5, 5.41) is 12.3. The normalized spacial score (nSPS) is 11.5. The minimum atomic E-state index is -0.209. The maximum absolute atomic E-state index is 8.96. The van der Waals surface area contributed by atoms with Crippen molar-refractivity contribution < 1.29 is 5.11 Å². The summed E-state index contributed by atoms with van der Waals surface area (Å²) < 4.78 is 0. The number of nitrogens with zero attached hydrogens (tertiary/aromatic N) is 2. The van der Waals surface area contributed by atoms with Crippen LogP contribution in [0.2, 0.25) is 0 Å². The summed E-state index contributed by atoms with van der Waals surface area (Å²) in [7, 11) is 0. The Morgan fingerprint density at radius 3 is 2.69 bits per heavy atom. The van der Waals surface area contributed by atoms with Crippen LogP contribution in [0.4, 0.5) is 11.6 Å². The van der Waals surface area contributed by atoms with Gasteiger partial charge in [-0.1, -0.05) is 6.92 Å². The second-order valence-electron chi connectivity index (χ2n) is 4.42. The zero-order valence-electron chi connectivity index (χ0n) is 10.1. The minimum Gasteiger partial charge on any atom is -0.396 e. The van der Waals surface area contributed by atoms with Crippen LogP contribution in [-0.4, -0.2) is 27.2 Å². The first-order valence-electron chi connectivity index (χ1n) is 5.48. The molecule has 1 heterocycles. The molecule has 0 atom stereocenters. The van der Waals surface area contributed by atoms with Gasteiger partial charge in [0.15, 0.2) is 0 Å². The number of rotatable bonds is 5. The van der Waals surface area contributed by atoms with Gasteiger partial charge in [0, 0.05) is 17.7 Å². The molecule has 0 radical (unpaired) electrons. The van der Waals surface area contributed by atoms with E-state index < -0.39 is 0 Å². The first-order valence-corrected chi connectivity index (χ1v) is 5.48. The highest BCUT2D eigenvalue weighted by molar-refractivity contribution is 5.55. The molecule has 0 unspecified atom stereocenters. The average Bonchev–Trinajstić information content (AvgIpc) is 2.17. The molecule has 0 bridgehead atoms. The highest BCUT2D eigenvalue weighted by atomic mass is 16.3. The fourth-order valence-electron chi connectivity index (χ4n) is 1.54. The molecule has 0 spiro atoms. The van der Waals surface area contributed by atoms with Crippen LogP contribution in [0.25, 0.3) is 0 Å². The van der Waals surface area contributed by atoms with Gasteiger partial charge in [0.25, 0.3) is 0 Å². The van der Waals surface area contributed by atoms with Crippen LogP contribution in [0, 0.1) is 0 Å². The average molecular weight is 224 g/mol. The molecule has 1 rings (SSSR count). The van der Waals surface area contributed by atoms with Gasteiger partial charge in [-0.15, -0.1) is 0 Å². The lowest BCUT2D eigenvalue weighted by Gasteiger charge is -2.27. The van der Waals surface area contributed by atoms with Crippen LogP contribution in [0.1, 0.15) is 32.8 Å². The molecule has 0 saturated carbocycles. The maximum atomic E-state index is 8.96. The van der Waals surface area contributed by atoms with Crippen molar-refractivity contribution in [1.82, 2.24) is 9.97 Å². The quantitative estimate of drug-likeness (QED) is 0.699. The lowest BCUT2D eigenvalue weighted by Crippen LogP contribution is -2.33.